The first-order valence-electron chi connectivity index (χ1n) is 20.0. The second-order valence-corrected chi connectivity index (χ2v) is 13.4. The van der Waals surface area contributed by atoms with Crippen molar-refractivity contribution in [3.63, 3.8) is 0 Å². The van der Waals surface area contributed by atoms with Gasteiger partial charge in [-0.15, -0.1) is 0 Å². The van der Waals surface area contributed by atoms with Gasteiger partial charge < -0.3 is 29.3 Å². The van der Waals surface area contributed by atoms with E-state index in [1.54, 1.807) is 0 Å². The molecule has 0 rings (SSSR count). The molecule has 0 saturated heterocycles. The third-order valence-corrected chi connectivity index (χ3v) is 8.59. The molecule has 0 N–H and O–H groups in total. The van der Waals surface area contributed by atoms with Crippen LogP contribution in [0.15, 0.2) is 0 Å². The molecule has 0 saturated carbocycles. The van der Waals surface area contributed by atoms with Gasteiger partial charge in [-0.3, -0.25) is 9.59 Å². The van der Waals surface area contributed by atoms with Gasteiger partial charge in [-0.05, 0) is 25.7 Å². The van der Waals surface area contributed by atoms with Crippen LogP contribution in [-0.4, -0.2) is 37.1 Å². The van der Waals surface area contributed by atoms with Crippen molar-refractivity contribution in [3.8, 4) is 0 Å². The van der Waals surface area contributed by atoms with Gasteiger partial charge in [-0.1, -0.05) is 181 Å². The second-order valence-electron chi connectivity index (χ2n) is 13.4. The topological polar surface area (TPSA) is 133 Å². The number of carboxylic acids is 2. The average Bonchev–Trinajstić information content (AvgIpc) is 3.06. The summed E-state index contributed by atoms with van der Waals surface area (Å²) in [7, 11) is 0. The fraction of sp³-hybridized carbons (Fsp3) is 0.900. The smallest absolute Gasteiger partial charge is 0.550 e. The fourth-order valence-electron chi connectivity index (χ4n) is 5.52. The summed E-state index contributed by atoms with van der Waals surface area (Å²) in [6.45, 7) is 5.33. The van der Waals surface area contributed by atoms with E-state index < -0.39 is 23.9 Å². The van der Waals surface area contributed by atoms with Crippen LogP contribution < -0.4 is 69.3 Å². The van der Waals surface area contributed by atoms with Gasteiger partial charge in [0.1, 0.15) is 0 Å². The molecule has 0 heterocycles. The van der Waals surface area contributed by atoms with Crippen LogP contribution in [0.25, 0.3) is 0 Å². The van der Waals surface area contributed by atoms with E-state index in [4.69, 9.17) is 9.47 Å². The van der Waals surface area contributed by atoms with Gasteiger partial charge in [0.25, 0.3) is 0 Å². The zero-order chi connectivity index (χ0) is 35.8. The Bertz CT molecular complexity index is 676. The molecule has 0 aliphatic heterocycles. The molecule has 8 nitrogen and oxygen atoms in total. The molecular weight excluding hydrogens is 654 g/mol. The van der Waals surface area contributed by atoms with E-state index in [1.807, 2.05) is 0 Å². The molecule has 0 atom stereocenters. The minimum absolute atomic E-state index is 0. The van der Waals surface area contributed by atoms with Crippen LogP contribution in [0, 0.1) is 0 Å². The van der Waals surface area contributed by atoms with Crippen LogP contribution in [0.5, 0.6) is 0 Å². The van der Waals surface area contributed by atoms with E-state index >= 15 is 0 Å². The molecular formula is C40H74Na2O8. The monoisotopic (exact) mass is 729 g/mol. The molecule has 0 amide bonds. The number of hydrogen-bond acceptors (Lipinski definition) is 8. The Kier molecular flexibility index (Phi) is 55.3. The van der Waals surface area contributed by atoms with Crippen molar-refractivity contribution < 1.29 is 98.0 Å². The Hall–Kier alpha value is -0.120. The van der Waals surface area contributed by atoms with Crippen LogP contribution >= 0.6 is 0 Å². The van der Waals surface area contributed by atoms with Crippen LogP contribution in [0.4, 0.5) is 0 Å². The molecule has 0 aromatic heterocycles. The summed E-state index contributed by atoms with van der Waals surface area (Å²) >= 11 is 0. The fourth-order valence-corrected chi connectivity index (χ4v) is 5.52. The maximum absolute atomic E-state index is 11.2. The molecule has 50 heavy (non-hydrogen) atoms. The molecule has 0 aliphatic rings. The summed E-state index contributed by atoms with van der Waals surface area (Å²) in [5.41, 5.74) is 0. The van der Waals surface area contributed by atoms with Gasteiger partial charge in [-0.25, -0.2) is 0 Å². The van der Waals surface area contributed by atoms with Crippen molar-refractivity contribution in [2.75, 3.05) is 13.2 Å². The zero-order valence-corrected chi connectivity index (χ0v) is 37.3. The number of rotatable bonds is 36. The molecule has 0 radical (unpaired) electrons. The van der Waals surface area contributed by atoms with E-state index in [1.165, 1.54) is 154 Å². The van der Waals surface area contributed by atoms with Gasteiger partial charge in [0.15, 0.2) is 0 Å². The molecule has 0 aromatic rings. The summed E-state index contributed by atoms with van der Waals surface area (Å²) < 4.78 is 9.94. The predicted molar refractivity (Wildman–Crippen MR) is 191 cm³/mol. The number of carboxylic acid groups (broad SMARTS) is 2. The standard InChI is InChI=1S/2C20H38O4.2Na/c2*1-2-3-4-5-6-7-8-9-10-11-12-13-14-15-18-24-20(23)17-16-19(21)22;;/h2*2-18H2,1H3,(H,21,22);;/q;;2*+1/p-2. The maximum Gasteiger partial charge on any atom is 1.00 e. The van der Waals surface area contributed by atoms with Crippen LogP contribution in [0.3, 0.4) is 0 Å². The zero-order valence-electron chi connectivity index (χ0n) is 33.3. The first-order valence-corrected chi connectivity index (χ1v) is 20.0. The molecule has 0 bridgehead atoms. The van der Waals surface area contributed by atoms with Crippen LogP contribution in [0.1, 0.15) is 219 Å². The molecule has 10 heteroatoms. The Morgan fingerprint density at radius 1 is 0.340 bits per heavy atom. The number of ether oxygens (including phenoxy) is 2. The van der Waals surface area contributed by atoms with Crippen molar-refractivity contribution in [2.45, 2.75) is 219 Å². The van der Waals surface area contributed by atoms with Gasteiger partial charge in [-0.2, -0.15) is 0 Å². The van der Waals surface area contributed by atoms with Crippen molar-refractivity contribution in [1.29, 1.82) is 0 Å². The van der Waals surface area contributed by atoms with E-state index in [0.29, 0.717) is 13.2 Å². The molecule has 0 fully saturated rings. The number of carbonyl (C=O) groups is 4. The molecule has 284 valence electrons. The number of hydrogen-bond donors (Lipinski definition) is 0. The quantitative estimate of drug-likeness (QED) is 0.0547. The first kappa shape index (κ1) is 56.6. The SMILES string of the molecule is CCCCCCCCCCCCCCCCOC(=O)CCC(=O)[O-].CCCCCCCCCCCCCCCCOC(=O)CCC(=O)[O-].[Na+].[Na+]. The molecule has 0 aliphatic carbocycles. The number of unbranched alkanes of at least 4 members (excludes halogenated alkanes) is 26. The minimum Gasteiger partial charge on any atom is -0.550 e. The van der Waals surface area contributed by atoms with Crippen LogP contribution in [0.2, 0.25) is 0 Å². The summed E-state index contributed by atoms with van der Waals surface area (Å²) in [4.78, 5) is 42.7. The molecule has 0 spiro atoms. The van der Waals surface area contributed by atoms with Crippen molar-refractivity contribution >= 4 is 23.9 Å². The average molecular weight is 729 g/mol. The Morgan fingerprint density at radius 2 is 0.540 bits per heavy atom. The predicted octanol–water partition coefficient (Wildman–Crippen LogP) is 3.09. The largest absolute Gasteiger partial charge is 1.00 e. The van der Waals surface area contributed by atoms with E-state index in [9.17, 15) is 29.4 Å². The Morgan fingerprint density at radius 3 is 0.740 bits per heavy atom. The second kappa shape index (κ2) is 48.9. The molecule has 0 aromatic carbocycles. The van der Waals surface area contributed by atoms with E-state index in [2.05, 4.69) is 13.8 Å². The van der Waals surface area contributed by atoms with E-state index in [0.717, 1.165) is 25.7 Å². The summed E-state index contributed by atoms with van der Waals surface area (Å²) in [5, 5.41) is 20.4. The van der Waals surface area contributed by atoms with Gasteiger partial charge in [0, 0.05) is 11.9 Å². The number of carbonyl (C=O) groups excluding carboxylic acids is 4. The maximum atomic E-state index is 11.2. The number of aliphatic carboxylic acids is 2. The normalized spacial score (nSPS) is 10.3. The summed E-state index contributed by atoms with van der Waals surface area (Å²) in [6, 6.07) is 0. The van der Waals surface area contributed by atoms with Gasteiger partial charge in [0.05, 0.1) is 26.1 Å². The van der Waals surface area contributed by atoms with Crippen molar-refractivity contribution in [3.05, 3.63) is 0 Å². The summed E-state index contributed by atoms with van der Waals surface area (Å²) in [6.07, 6.45) is 35.6. The van der Waals surface area contributed by atoms with Crippen LogP contribution in [-0.2, 0) is 28.7 Å². The van der Waals surface area contributed by atoms with E-state index in [-0.39, 0.29) is 84.8 Å². The van der Waals surface area contributed by atoms with Crippen molar-refractivity contribution in [1.82, 2.24) is 0 Å². The third-order valence-electron chi connectivity index (χ3n) is 8.59. The van der Waals surface area contributed by atoms with Crippen molar-refractivity contribution in [2.24, 2.45) is 0 Å². The summed E-state index contributed by atoms with van der Waals surface area (Å²) in [5.74, 6) is -3.28. The van der Waals surface area contributed by atoms with Gasteiger partial charge >= 0.3 is 71.1 Å². The first-order chi connectivity index (χ1) is 23.3. The minimum atomic E-state index is -1.21. The van der Waals surface area contributed by atoms with Gasteiger partial charge in [0.2, 0.25) is 0 Å². The Labute approximate surface area is 351 Å². The number of esters is 2. The molecule has 0 unspecified atom stereocenters. The third kappa shape index (κ3) is 54.7. The Balaban J connectivity index is -0.000000407.